The first kappa shape index (κ1) is 17.4. The molecule has 23 heavy (non-hydrogen) atoms. The Kier molecular flexibility index (Phi) is 6.09. The van der Waals surface area contributed by atoms with Gasteiger partial charge in [0, 0.05) is 13.1 Å². The highest BCUT2D eigenvalue weighted by atomic mass is 16.2. The standard InChI is InChI=1S/C15H26N6O2/c1-3-6-21-14(17-10-18-21)11(2)19-15(23)12-5-4-7-20(8-12)9-13(16)22/h10-12H,3-9H2,1-2H3,(H2,16,22)(H,19,23). The maximum Gasteiger partial charge on any atom is 0.231 e. The highest BCUT2D eigenvalue weighted by Gasteiger charge is 2.28. The molecule has 0 aliphatic carbocycles. The lowest BCUT2D eigenvalue weighted by Gasteiger charge is -2.31. The van der Waals surface area contributed by atoms with Crippen LogP contribution < -0.4 is 11.1 Å². The minimum atomic E-state index is -0.355. The molecular formula is C15H26N6O2. The van der Waals surface area contributed by atoms with Gasteiger partial charge in [0.25, 0.3) is 0 Å². The van der Waals surface area contributed by atoms with Crippen LogP contribution in [0.4, 0.5) is 0 Å². The maximum absolute atomic E-state index is 12.5. The van der Waals surface area contributed by atoms with Gasteiger partial charge in [0.1, 0.15) is 12.2 Å². The van der Waals surface area contributed by atoms with Gasteiger partial charge in [-0.1, -0.05) is 6.92 Å². The molecule has 2 rings (SSSR count). The molecule has 2 heterocycles. The van der Waals surface area contributed by atoms with Gasteiger partial charge in [-0.15, -0.1) is 0 Å². The molecule has 1 aliphatic heterocycles. The molecule has 0 bridgehead atoms. The molecule has 1 aromatic rings. The number of aromatic nitrogens is 3. The van der Waals surface area contributed by atoms with E-state index in [9.17, 15) is 9.59 Å². The molecule has 2 amide bonds. The quantitative estimate of drug-likeness (QED) is 0.738. The molecule has 0 radical (unpaired) electrons. The largest absolute Gasteiger partial charge is 0.369 e. The van der Waals surface area contributed by atoms with Gasteiger partial charge in [-0.2, -0.15) is 5.10 Å². The number of aryl methyl sites for hydroxylation is 1. The number of carbonyl (C=O) groups is 2. The topological polar surface area (TPSA) is 106 Å². The maximum atomic E-state index is 12.5. The summed E-state index contributed by atoms with van der Waals surface area (Å²) >= 11 is 0. The molecule has 128 valence electrons. The van der Waals surface area contributed by atoms with E-state index in [-0.39, 0.29) is 30.3 Å². The summed E-state index contributed by atoms with van der Waals surface area (Å²) in [6, 6.07) is -0.192. The lowest BCUT2D eigenvalue weighted by molar-refractivity contribution is -0.128. The number of nitrogens with two attached hydrogens (primary N) is 1. The Bertz CT molecular complexity index is 544. The van der Waals surface area contributed by atoms with Crippen molar-refractivity contribution in [2.45, 2.75) is 45.7 Å². The zero-order valence-corrected chi connectivity index (χ0v) is 13.9. The molecule has 0 saturated carbocycles. The van der Waals surface area contributed by atoms with Gasteiger partial charge in [0.2, 0.25) is 11.8 Å². The van der Waals surface area contributed by atoms with Crippen LogP contribution in [0.15, 0.2) is 6.33 Å². The van der Waals surface area contributed by atoms with Gasteiger partial charge in [0.15, 0.2) is 0 Å². The summed E-state index contributed by atoms with van der Waals surface area (Å²) in [5, 5.41) is 7.21. The molecule has 8 nitrogen and oxygen atoms in total. The normalized spacial score (nSPS) is 20.2. The van der Waals surface area contributed by atoms with Crippen molar-refractivity contribution in [1.82, 2.24) is 25.0 Å². The smallest absolute Gasteiger partial charge is 0.231 e. The van der Waals surface area contributed by atoms with Crippen molar-refractivity contribution in [3.8, 4) is 0 Å². The van der Waals surface area contributed by atoms with Gasteiger partial charge in [-0.3, -0.25) is 14.5 Å². The molecule has 8 heteroatoms. The number of amides is 2. The Morgan fingerprint density at radius 2 is 2.30 bits per heavy atom. The average Bonchev–Trinajstić information content (AvgIpc) is 2.95. The summed E-state index contributed by atoms with van der Waals surface area (Å²) < 4.78 is 1.82. The van der Waals surface area contributed by atoms with Crippen LogP contribution in [0.5, 0.6) is 0 Å². The van der Waals surface area contributed by atoms with E-state index in [2.05, 4.69) is 22.3 Å². The Hall–Kier alpha value is -1.96. The number of likely N-dealkylation sites (tertiary alicyclic amines) is 1. The van der Waals surface area contributed by atoms with E-state index in [0.717, 1.165) is 38.2 Å². The van der Waals surface area contributed by atoms with Gasteiger partial charge < -0.3 is 11.1 Å². The van der Waals surface area contributed by atoms with E-state index < -0.39 is 0 Å². The molecule has 1 saturated heterocycles. The van der Waals surface area contributed by atoms with Crippen molar-refractivity contribution in [3.05, 3.63) is 12.2 Å². The summed E-state index contributed by atoms with van der Waals surface area (Å²) in [6.45, 7) is 6.37. The predicted molar refractivity (Wildman–Crippen MR) is 85.2 cm³/mol. The number of hydrogen-bond donors (Lipinski definition) is 2. The lowest BCUT2D eigenvalue weighted by Crippen LogP contribution is -2.46. The van der Waals surface area contributed by atoms with Crippen molar-refractivity contribution in [1.29, 1.82) is 0 Å². The number of hydrogen-bond acceptors (Lipinski definition) is 5. The molecule has 3 N–H and O–H groups in total. The minimum absolute atomic E-state index is 0.00211. The SMILES string of the molecule is CCCn1ncnc1C(C)NC(=O)C1CCCN(CC(N)=O)C1. The van der Waals surface area contributed by atoms with Crippen LogP contribution >= 0.6 is 0 Å². The van der Waals surface area contributed by atoms with Crippen LogP contribution in [0.3, 0.4) is 0 Å². The summed E-state index contributed by atoms with van der Waals surface area (Å²) in [4.78, 5) is 29.7. The highest BCUT2D eigenvalue weighted by Crippen LogP contribution is 2.18. The second-order valence-corrected chi connectivity index (χ2v) is 6.11. The molecule has 0 spiro atoms. The number of piperidine rings is 1. The number of rotatable bonds is 7. The number of primary amides is 1. The second-order valence-electron chi connectivity index (χ2n) is 6.11. The van der Waals surface area contributed by atoms with Gasteiger partial charge in [-0.25, -0.2) is 9.67 Å². The average molecular weight is 322 g/mol. The molecule has 2 unspecified atom stereocenters. The molecule has 1 fully saturated rings. The fraction of sp³-hybridized carbons (Fsp3) is 0.733. The summed E-state index contributed by atoms with van der Waals surface area (Å²) in [5.41, 5.74) is 5.24. The summed E-state index contributed by atoms with van der Waals surface area (Å²) in [6.07, 6.45) is 4.20. The molecule has 1 aromatic heterocycles. The first-order valence-electron chi connectivity index (χ1n) is 8.20. The fourth-order valence-corrected chi connectivity index (χ4v) is 3.02. The van der Waals surface area contributed by atoms with Crippen molar-refractivity contribution in [2.75, 3.05) is 19.6 Å². The lowest BCUT2D eigenvalue weighted by atomic mass is 9.96. The van der Waals surface area contributed by atoms with E-state index in [4.69, 9.17) is 5.73 Å². The van der Waals surface area contributed by atoms with E-state index >= 15 is 0 Å². The first-order valence-corrected chi connectivity index (χ1v) is 8.20. The van der Waals surface area contributed by atoms with E-state index in [1.165, 1.54) is 6.33 Å². The zero-order chi connectivity index (χ0) is 16.8. The van der Waals surface area contributed by atoms with Crippen molar-refractivity contribution in [3.63, 3.8) is 0 Å². The Morgan fingerprint density at radius 3 is 3.00 bits per heavy atom. The summed E-state index contributed by atoms with van der Waals surface area (Å²) in [5.74, 6) is 0.294. The van der Waals surface area contributed by atoms with Crippen LogP contribution in [0.2, 0.25) is 0 Å². The van der Waals surface area contributed by atoms with Crippen LogP contribution in [0, 0.1) is 5.92 Å². The number of nitrogens with zero attached hydrogens (tertiary/aromatic N) is 4. The number of carbonyl (C=O) groups excluding carboxylic acids is 2. The zero-order valence-electron chi connectivity index (χ0n) is 13.9. The second kappa shape index (κ2) is 8.05. The minimum Gasteiger partial charge on any atom is -0.369 e. The van der Waals surface area contributed by atoms with Crippen LogP contribution in [0.1, 0.15) is 45.0 Å². The number of nitrogens with one attached hydrogen (secondary N) is 1. The van der Waals surface area contributed by atoms with E-state index in [0.29, 0.717) is 6.54 Å². The molecule has 0 aromatic carbocycles. The van der Waals surface area contributed by atoms with Crippen LogP contribution in [-0.4, -0.2) is 51.1 Å². The Morgan fingerprint density at radius 1 is 1.52 bits per heavy atom. The van der Waals surface area contributed by atoms with E-state index in [1.54, 1.807) is 0 Å². The monoisotopic (exact) mass is 322 g/mol. The first-order chi connectivity index (χ1) is 11.0. The van der Waals surface area contributed by atoms with Gasteiger partial charge >= 0.3 is 0 Å². The van der Waals surface area contributed by atoms with Gasteiger partial charge in [-0.05, 0) is 32.7 Å². The van der Waals surface area contributed by atoms with Crippen molar-refractivity contribution in [2.24, 2.45) is 11.7 Å². The summed E-state index contributed by atoms with van der Waals surface area (Å²) in [7, 11) is 0. The van der Waals surface area contributed by atoms with E-state index in [1.807, 2.05) is 16.5 Å². The van der Waals surface area contributed by atoms with Crippen LogP contribution in [0.25, 0.3) is 0 Å². The van der Waals surface area contributed by atoms with Crippen molar-refractivity contribution < 1.29 is 9.59 Å². The Labute approximate surface area is 136 Å². The van der Waals surface area contributed by atoms with Crippen molar-refractivity contribution >= 4 is 11.8 Å². The third-order valence-corrected chi connectivity index (χ3v) is 4.08. The molecular weight excluding hydrogens is 296 g/mol. The predicted octanol–water partition coefficient (Wildman–Crippen LogP) is 0.0626. The fourth-order valence-electron chi connectivity index (χ4n) is 3.02. The third-order valence-electron chi connectivity index (χ3n) is 4.08. The Balaban J connectivity index is 1.92. The molecule has 1 aliphatic rings. The third kappa shape index (κ3) is 4.75. The highest BCUT2D eigenvalue weighted by molar-refractivity contribution is 5.79. The van der Waals surface area contributed by atoms with Crippen LogP contribution in [-0.2, 0) is 16.1 Å². The van der Waals surface area contributed by atoms with Gasteiger partial charge in [0.05, 0.1) is 18.5 Å². The molecule has 2 atom stereocenters.